The average molecular weight is 416 g/mol. The Balaban J connectivity index is 1.32. The van der Waals surface area contributed by atoms with Crippen LogP contribution in [0, 0.1) is 5.92 Å². The van der Waals surface area contributed by atoms with E-state index in [2.05, 4.69) is 10.3 Å². The number of nitrogens with one attached hydrogen (secondary N) is 1. The highest BCUT2D eigenvalue weighted by Crippen LogP contribution is 2.21. The molecule has 2 aromatic carbocycles. The summed E-state index contributed by atoms with van der Waals surface area (Å²) in [4.78, 5) is 43.3. The molecule has 0 spiro atoms. The minimum absolute atomic E-state index is 0.00657. The number of rotatable bonds is 7. The van der Waals surface area contributed by atoms with Gasteiger partial charge in [-0.2, -0.15) is 0 Å². The number of aryl methyl sites for hydroxylation is 1. The van der Waals surface area contributed by atoms with Crippen molar-refractivity contribution in [2.75, 3.05) is 18.4 Å². The van der Waals surface area contributed by atoms with Crippen LogP contribution >= 0.6 is 0 Å². The number of anilines is 1. The van der Waals surface area contributed by atoms with Gasteiger partial charge in [-0.15, -0.1) is 0 Å². The first-order valence-corrected chi connectivity index (χ1v) is 10.3. The number of carbonyl (C=O) groups excluding carboxylic acids is 3. The number of imidazole rings is 1. The van der Waals surface area contributed by atoms with Crippen molar-refractivity contribution in [3.8, 4) is 0 Å². The highest BCUT2D eigenvalue weighted by molar-refractivity contribution is 6.07. The fourth-order valence-electron chi connectivity index (χ4n) is 3.74. The Labute approximate surface area is 180 Å². The van der Waals surface area contributed by atoms with Crippen molar-refractivity contribution in [3.63, 3.8) is 0 Å². The first-order valence-electron chi connectivity index (χ1n) is 10.3. The fraction of sp³-hybridized carbons (Fsp3) is 0.250. The molecule has 1 aliphatic heterocycles. The number of hydrogen-bond acceptors (Lipinski definition) is 4. The third-order valence-electron chi connectivity index (χ3n) is 5.54. The predicted molar refractivity (Wildman–Crippen MR) is 117 cm³/mol. The first-order chi connectivity index (χ1) is 15.0. The number of aromatic nitrogens is 2. The molecule has 0 radical (unpaired) electrons. The van der Waals surface area contributed by atoms with E-state index in [1.807, 2.05) is 30.3 Å². The van der Waals surface area contributed by atoms with E-state index in [0.29, 0.717) is 30.2 Å². The van der Waals surface area contributed by atoms with Crippen molar-refractivity contribution >= 4 is 23.3 Å². The van der Waals surface area contributed by atoms with Crippen LogP contribution in [0.4, 0.5) is 5.69 Å². The zero-order valence-corrected chi connectivity index (χ0v) is 17.3. The summed E-state index contributed by atoms with van der Waals surface area (Å²) in [7, 11) is 1.76. The maximum Gasteiger partial charge on any atom is 0.229 e. The summed E-state index contributed by atoms with van der Waals surface area (Å²) in [5.41, 5.74) is 2.26. The Morgan fingerprint density at radius 3 is 2.52 bits per heavy atom. The lowest BCUT2D eigenvalue weighted by molar-refractivity contribution is -0.128. The molecule has 0 saturated carbocycles. The minimum Gasteiger partial charge on any atom is -0.342 e. The number of carbonyl (C=O) groups is 3. The van der Waals surface area contributed by atoms with Crippen LogP contribution in [0.25, 0.3) is 0 Å². The van der Waals surface area contributed by atoms with E-state index in [4.69, 9.17) is 0 Å². The normalized spacial score (nSPS) is 15.8. The monoisotopic (exact) mass is 416 g/mol. The van der Waals surface area contributed by atoms with Crippen molar-refractivity contribution < 1.29 is 14.4 Å². The molecule has 7 nitrogen and oxygen atoms in total. The molecule has 2 amide bonds. The third kappa shape index (κ3) is 4.71. The molecule has 0 aliphatic carbocycles. The van der Waals surface area contributed by atoms with Gasteiger partial charge in [-0.05, 0) is 36.2 Å². The Morgan fingerprint density at radius 1 is 1.10 bits per heavy atom. The number of benzene rings is 2. The van der Waals surface area contributed by atoms with Crippen LogP contribution in [0.1, 0.15) is 28.2 Å². The van der Waals surface area contributed by atoms with Gasteiger partial charge in [-0.25, -0.2) is 4.98 Å². The van der Waals surface area contributed by atoms with Gasteiger partial charge in [0.1, 0.15) is 0 Å². The second kappa shape index (κ2) is 8.95. The van der Waals surface area contributed by atoms with Gasteiger partial charge < -0.3 is 14.8 Å². The molecule has 31 heavy (non-hydrogen) atoms. The molecule has 1 aliphatic rings. The van der Waals surface area contributed by atoms with E-state index in [0.717, 1.165) is 6.42 Å². The number of ketones is 1. The van der Waals surface area contributed by atoms with E-state index >= 15 is 0 Å². The Morgan fingerprint density at radius 2 is 1.84 bits per heavy atom. The van der Waals surface area contributed by atoms with Crippen molar-refractivity contribution in [1.29, 1.82) is 0 Å². The highest BCUT2D eigenvalue weighted by atomic mass is 16.2. The van der Waals surface area contributed by atoms with Gasteiger partial charge >= 0.3 is 0 Å². The number of nitrogens with zero attached hydrogens (tertiary/aromatic N) is 3. The molecule has 1 aromatic heterocycles. The second-order valence-corrected chi connectivity index (χ2v) is 7.73. The molecule has 0 bridgehead atoms. The summed E-state index contributed by atoms with van der Waals surface area (Å²) in [6.07, 6.45) is 4.28. The summed E-state index contributed by atoms with van der Waals surface area (Å²) >= 11 is 0. The van der Waals surface area contributed by atoms with E-state index in [1.54, 1.807) is 53.2 Å². The van der Waals surface area contributed by atoms with Crippen LogP contribution in [0.2, 0.25) is 0 Å². The maximum absolute atomic E-state index is 12.7. The number of likely N-dealkylation sites (tertiary alicyclic amines) is 1. The first kappa shape index (κ1) is 20.5. The summed E-state index contributed by atoms with van der Waals surface area (Å²) in [5, 5.41) is 2.86. The van der Waals surface area contributed by atoms with Gasteiger partial charge in [0.2, 0.25) is 17.6 Å². The molecule has 4 rings (SSSR count). The zero-order chi connectivity index (χ0) is 21.8. The summed E-state index contributed by atoms with van der Waals surface area (Å²) in [6, 6.07) is 16.7. The lowest BCUT2D eigenvalue weighted by Gasteiger charge is -2.16. The van der Waals surface area contributed by atoms with Crippen LogP contribution in [-0.2, 0) is 23.1 Å². The van der Waals surface area contributed by atoms with Crippen LogP contribution in [-0.4, -0.2) is 45.1 Å². The molecule has 1 atom stereocenters. The lowest BCUT2D eigenvalue weighted by Crippen LogP contribution is -2.30. The Hall–Kier alpha value is -3.74. The number of hydrogen-bond donors (Lipinski definition) is 1. The molecular weight excluding hydrogens is 392 g/mol. The van der Waals surface area contributed by atoms with Crippen LogP contribution in [0.3, 0.4) is 0 Å². The SMILES string of the molecule is Cn1ccnc1C(=O)c1ccc(NC(=O)[C@@H]2CC(=O)N(CCc3ccccc3)C2)cc1. The van der Waals surface area contributed by atoms with E-state index in [1.165, 1.54) is 5.56 Å². The Bertz CT molecular complexity index is 1090. The van der Waals surface area contributed by atoms with Crippen molar-refractivity contribution in [2.24, 2.45) is 13.0 Å². The molecule has 3 aromatic rings. The summed E-state index contributed by atoms with van der Waals surface area (Å²) < 4.78 is 1.67. The van der Waals surface area contributed by atoms with Gasteiger partial charge in [0.25, 0.3) is 0 Å². The van der Waals surface area contributed by atoms with Gasteiger partial charge in [0.15, 0.2) is 5.82 Å². The molecule has 1 N–H and O–H groups in total. The quantitative estimate of drug-likeness (QED) is 0.600. The largest absolute Gasteiger partial charge is 0.342 e. The van der Waals surface area contributed by atoms with Gasteiger partial charge in [0.05, 0.1) is 5.92 Å². The topological polar surface area (TPSA) is 84.3 Å². The van der Waals surface area contributed by atoms with Crippen molar-refractivity contribution in [3.05, 3.63) is 83.9 Å². The highest BCUT2D eigenvalue weighted by Gasteiger charge is 2.34. The molecule has 2 heterocycles. The van der Waals surface area contributed by atoms with Crippen LogP contribution in [0.5, 0.6) is 0 Å². The fourth-order valence-corrected chi connectivity index (χ4v) is 3.74. The van der Waals surface area contributed by atoms with Crippen molar-refractivity contribution in [2.45, 2.75) is 12.8 Å². The summed E-state index contributed by atoms with van der Waals surface area (Å²) in [5.74, 6) is -0.374. The molecular formula is C24H24N4O3. The molecule has 7 heteroatoms. The maximum atomic E-state index is 12.7. The van der Waals surface area contributed by atoms with E-state index in [-0.39, 0.29) is 29.9 Å². The smallest absolute Gasteiger partial charge is 0.229 e. The zero-order valence-electron chi connectivity index (χ0n) is 17.3. The van der Waals surface area contributed by atoms with Gasteiger partial charge in [-0.1, -0.05) is 30.3 Å². The Kier molecular flexibility index (Phi) is 5.93. The third-order valence-corrected chi connectivity index (χ3v) is 5.54. The molecule has 1 saturated heterocycles. The van der Waals surface area contributed by atoms with E-state index in [9.17, 15) is 14.4 Å². The lowest BCUT2D eigenvalue weighted by atomic mass is 10.1. The number of amides is 2. The average Bonchev–Trinajstić information content (AvgIpc) is 3.38. The van der Waals surface area contributed by atoms with Crippen molar-refractivity contribution in [1.82, 2.24) is 14.5 Å². The minimum atomic E-state index is -0.378. The van der Waals surface area contributed by atoms with Crippen LogP contribution < -0.4 is 5.32 Å². The molecule has 0 unspecified atom stereocenters. The van der Waals surface area contributed by atoms with Crippen LogP contribution in [0.15, 0.2) is 67.0 Å². The predicted octanol–water partition coefficient (Wildman–Crippen LogP) is 2.68. The molecule has 158 valence electrons. The van der Waals surface area contributed by atoms with Gasteiger partial charge in [0, 0.05) is 50.2 Å². The summed E-state index contributed by atoms with van der Waals surface area (Å²) in [6.45, 7) is 1.03. The molecule has 1 fully saturated rings. The second-order valence-electron chi connectivity index (χ2n) is 7.73. The standard InChI is InChI=1S/C24H24N4O3/c1-27-14-12-25-23(27)22(30)18-7-9-20(10-8-18)26-24(31)19-15-21(29)28(16-19)13-11-17-5-3-2-4-6-17/h2-10,12,14,19H,11,13,15-16H2,1H3,(H,26,31)/t19-/m1/s1. The van der Waals surface area contributed by atoms with Gasteiger partial charge in [-0.3, -0.25) is 14.4 Å². The van der Waals surface area contributed by atoms with E-state index < -0.39 is 0 Å².